The molecule has 2 nitrogen and oxygen atoms in total. The van der Waals surface area contributed by atoms with Crippen LogP contribution in [0.3, 0.4) is 0 Å². The first-order valence-electron chi connectivity index (χ1n) is 6.07. The highest BCUT2D eigenvalue weighted by Crippen LogP contribution is 2.10. The Labute approximate surface area is 109 Å². The molecule has 0 bridgehead atoms. The molecule has 2 rings (SSSR count). The summed E-state index contributed by atoms with van der Waals surface area (Å²) in [6, 6.07) is 15.2. The number of hydrogen-bond acceptors (Lipinski definition) is 2. The minimum Gasteiger partial charge on any atom is -0.508 e. The largest absolute Gasteiger partial charge is 0.508 e. The van der Waals surface area contributed by atoms with Gasteiger partial charge < -0.3 is 9.84 Å². The summed E-state index contributed by atoms with van der Waals surface area (Å²) in [5, 5.41) is 8.76. The molecule has 2 heteroatoms. The highest BCUT2D eigenvalue weighted by molar-refractivity contribution is 5.26. The van der Waals surface area contributed by atoms with Gasteiger partial charge in [0.05, 0.1) is 6.61 Å². The minimum absolute atomic E-state index is 0.329. The lowest BCUT2D eigenvalue weighted by atomic mass is 10.2. The lowest BCUT2D eigenvalue weighted by molar-refractivity contribution is 0.340. The van der Waals surface area contributed by atoms with Crippen molar-refractivity contribution in [2.75, 3.05) is 6.61 Å². The van der Waals surface area contributed by atoms with E-state index in [9.17, 15) is 0 Å². The molecule has 0 spiro atoms. The van der Waals surface area contributed by atoms with Crippen LogP contribution < -0.4 is 4.74 Å². The maximum Gasteiger partial charge on any atom is 0.119 e. The third kappa shape index (κ3) is 5.39. The summed E-state index contributed by atoms with van der Waals surface area (Å²) in [6.45, 7) is 6.78. The fraction of sp³-hybridized carbons (Fsp3) is 0.250. The molecule has 0 aliphatic rings. The molecule has 18 heavy (non-hydrogen) atoms. The second-order valence-corrected chi connectivity index (χ2v) is 4.08. The zero-order valence-corrected chi connectivity index (χ0v) is 11.2. The molecule has 96 valence electrons. The third-order valence-corrected chi connectivity index (χ3v) is 2.37. The van der Waals surface area contributed by atoms with E-state index in [4.69, 9.17) is 9.84 Å². The standard InChI is InChI=1S/C9H12O.C7H8O/c1-3-10-9-6-4-8(2)5-7-9;1-6-2-4-7(8)5-3-6/h4-7H,3H2,1-2H3;2-5,8H,1H3. The highest BCUT2D eigenvalue weighted by atomic mass is 16.5. The van der Waals surface area contributed by atoms with Crippen LogP contribution in [0.25, 0.3) is 0 Å². The molecule has 0 aromatic heterocycles. The Morgan fingerprint density at radius 1 is 0.833 bits per heavy atom. The van der Waals surface area contributed by atoms with E-state index >= 15 is 0 Å². The van der Waals surface area contributed by atoms with Crippen LogP contribution in [0.2, 0.25) is 0 Å². The Morgan fingerprint density at radius 2 is 1.28 bits per heavy atom. The number of hydrogen-bond donors (Lipinski definition) is 1. The first-order valence-corrected chi connectivity index (χ1v) is 6.07. The summed E-state index contributed by atoms with van der Waals surface area (Å²) >= 11 is 0. The number of rotatable bonds is 2. The lowest BCUT2D eigenvalue weighted by Crippen LogP contribution is -1.90. The lowest BCUT2D eigenvalue weighted by Gasteiger charge is -2.01. The first-order chi connectivity index (χ1) is 8.61. The molecule has 0 aliphatic heterocycles. The predicted octanol–water partition coefficient (Wildman–Crippen LogP) is 4.09. The van der Waals surface area contributed by atoms with Gasteiger partial charge in [0, 0.05) is 0 Å². The van der Waals surface area contributed by atoms with Gasteiger partial charge in [-0.05, 0) is 45.0 Å². The second-order valence-electron chi connectivity index (χ2n) is 4.08. The van der Waals surface area contributed by atoms with Crippen LogP contribution in [0, 0.1) is 13.8 Å². The number of phenolic OH excluding ortho intramolecular Hbond substituents is 1. The molecular weight excluding hydrogens is 224 g/mol. The SMILES string of the molecule is CCOc1ccc(C)cc1.Cc1ccc(O)cc1. The van der Waals surface area contributed by atoms with Crippen molar-refractivity contribution in [1.29, 1.82) is 0 Å². The summed E-state index contributed by atoms with van der Waals surface area (Å²) in [5.74, 6) is 1.28. The van der Waals surface area contributed by atoms with Crippen molar-refractivity contribution in [1.82, 2.24) is 0 Å². The van der Waals surface area contributed by atoms with Gasteiger partial charge in [0.1, 0.15) is 11.5 Å². The summed E-state index contributed by atoms with van der Waals surface area (Å²) in [4.78, 5) is 0. The zero-order chi connectivity index (χ0) is 13.4. The molecule has 0 saturated heterocycles. The maximum atomic E-state index is 8.76. The normalized spacial score (nSPS) is 9.28. The zero-order valence-electron chi connectivity index (χ0n) is 11.2. The molecule has 2 aromatic rings. The Kier molecular flexibility index (Phi) is 5.78. The summed E-state index contributed by atoms with van der Waals surface area (Å²) in [7, 11) is 0. The topological polar surface area (TPSA) is 29.5 Å². The summed E-state index contributed by atoms with van der Waals surface area (Å²) in [5.41, 5.74) is 2.44. The van der Waals surface area contributed by atoms with E-state index < -0.39 is 0 Å². The number of ether oxygens (including phenoxy) is 1. The van der Waals surface area contributed by atoms with Crippen molar-refractivity contribution in [3.8, 4) is 11.5 Å². The van der Waals surface area contributed by atoms with E-state index in [0.29, 0.717) is 5.75 Å². The van der Waals surface area contributed by atoms with Crippen molar-refractivity contribution in [2.45, 2.75) is 20.8 Å². The Bertz CT molecular complexity index is 423. The van der Waals surface area contributed by atoms with Crippen LogP contribution in [-0.4, -0.2) is 11.7 Å². The van der Waals surface area contributed by atoms with Gasteiger partial charge in [-0.15, -0.1) is 0 Å². The molecule has 0 fully saturated rings. The maximum absolute atomic E-state index is 8.76. The van der Waals surface area contributed by atoms with Crippen molar-refractivity contribution in [3.63, 3.8) is 0 Å². The predicted molar refractivity (Wildman–Crippen MR) is 75.2 cm³/mol. The molecule has 1 N–H and O–H groups in total. The molecule has 0 atom stereocenters. The van der Waals surface area contributed by atoms with Crippen LogP contribution in [0.15, 0.2) is 48.5 Å². The monoisotopic (exact) mass is 244 g/mol. The third-order valence-electron chi connectivity index (χ3n) is 2.37. The Morgan fingerprint density at radius 3 is 1.67 bits per heavy atom. The number of phenols is 1. The van der Waals surface area contributed by atoms with Crippen molar-refractivity contribution in [3.05, 3.63) is 59.7 Å². The van der Waals surface area contributed by atoms with Gasteiger partial charge in [-0.2, -0.15) is 0 Å². The van der Waals surface area contributed by atoms with Gasteiger partial charge >= 0.3 is 0 Å². The fourth-order valence-corrected chi connectivity index (χ4v) is 1.35. The van der Waals surface area contributed by atoms with Crippen molar-refractivity contribution < 1.29 is 9.84 Å². The minimum atomic E-state index is 0.329. The average Bonchev–Trinajstić information content (AvgIpc) is 2.37. The van der Waals surface area contributed by atoms with E-state index in [1.165, 1.54) is 11.1 Å². The van der Waals surface area contributed by atoms with Crippen molar-refractivity contribution >= 4 is 0 Å². The summed E-state index contributed by atoms with van der Waals surface area (Å²) < 4.78 is 5.26. The fourth-order valence-electron chi connectivity index (χ4n) is 1.35. The molecule has 0 saturated carbocycles. The average molecular weight is 244 g/mol. The van der Waals surface area contributed by atoms with Gasteiger partial charge in [0.25, 0.3) is 0 Å². The number of aryl methyl sites for hydroxylation is 2. The van der Waals surface area contributed by atoms with Crippen LogP contribution in [-0.2, 0) is 0 Å². The van der Waals surface area contributed by atoms with Crippen LogP contribution in [0.4, 0.5) is 0 Å². The quantitative estimate of drug-likeness (QED) is 0.862. The van der Waals surface area contributed by atoms with Crippen LogP contribution in [0.5, 0.6) is 11.5 Å². The molecule has 0 amide bonds. The Hall–Kier alpha value is -1.96. The van der Waals surface area contributed by atoms with Gasteiger partial charge in [-0.1, -0.05) is 35.4 Å². The van der Waals surface area contributed by atoms with Gasteiger partial charge in [-0.3, -0.25) is 0 Å². The summed E-state index contributed by atoms with van der Waals surface area (Å²) in [6.07, 6.45) is 0. The van der Waals surface area contributed by atoms with E-state index in [1.54, 1.807) is 12.1 Å². The van der Waals surface area contributed by atoms with E-state index in [0.717, 1.165) is 12.4 Å². The molecule has 0 unspecified atom stereocenters. The molecule has 0 aliphatic carbocycles. The molecule has 0 radical (unpaired) electrons. The van der Waals surface area contributed by atoms with E-state index in [-0.39, 0.29) is 0 Å². The van der Waals surface area contributed by atoms with Gasteiger partial charge in [-0.25, -0.2) is 0 Å². The first kappa shape index (κ1) is 14.1. The van der Waals surface area contributed by atoms with E-state index in [1.807, 2.05) is 50.2 Å². The number of aromatic hydroxyl groups is 1. The molecule has 2 aromatic carbocycles. The van der Waals surface area contributed by atoms with Crippen LogP contribution >= 0.6 is 0 Å². The molecular formula is C16H20O2. The smallest absolute Gasteiger partial charge is 0.119 e. The highest BCUT2D eigenvalue weighted by Gasteiger charge is 1.88. The second kappa shape index (κ2) is 7.38. The molecule has 0 heterocycles. The number of benzene rings is 2. The van der Waals surface area contributed by atoms with Gasteiger partial charge in [0.15, 0.2) is 0 Å². The van der Waals surface area contributed by atoms with Gasteiger partial charge in [0.2, 0.25) is 0 Å². The van der Waals surface area contributed by atoms with Crippen molar-refractivity contribution in [2.24, 2.45) is 0 Å². The van der Waals surface area contributed by atoms with Crippen LogP contribution in [0.1, 0.15) is 18.1 Å². The van der Waals surface area contributed by atoms with E-state index in [2.05, 4.69) is 6.92 Å². The Balaban J connectivity index is 0.000000184.